The van der Waals surface area contributed by atoms with Crippen molar-refractivity contribution in [2.75, 3.05) is 20.3 Å². The Kier molecular flexibility index (Phi) is 4.11. The minimum absolute atomic E-state index is 0.235. The molecule has 0 atom stereocenters. The van der Waals surface area contributed by atoms with Gasteiger partial charge in [0.2, 0.25) is 5.95 Å². The molecule has 0 aliphatic heterocycles. The highest BCUT2D eigenvalue weighted by Crippen LogP contribution is 2.08. The van der Waals surface area contributed by atoms with Gasteiger partial charge in [-0.05, 0) is 6.07 Å². The van der Waals surface area contributed by atoms with Crippen LogP contribution >= 0.6 is 0 Å². The number of methoxy groups -OCH3 is 1. The summed E-state index contributed by atoms with van der Waals surface area (Å²) >= 11 is 0. The molecule has 0 saturated heterocycles. The number of pyridine rings is 1. The van der Waals surface area contributed by atoms with Crippen LogP contribution in [0.2, 0.25) is 0 Å². The van der Waals surface area contributed by atoms with Gasteiger partial charge >= 0.3 is 0 Å². The summed E-state index contributed by atoms with van der Waals surface area (Å²) in [6, 6.07) is 1.11. The van der Waals surface area contributed by atoms with Gasteiger partial charge in [-0.15, -0.1) is 0 Å². The Hall–Kier alpha value is -1.56. The number of carbonyl (C=O) groups is 1. The number of ether oxygens (including phenoxy) is 1. The maximum absolute atomic E-state index is 13.0. The molecular formula is C9H10F2N2O2. The second-order valence-corrected chi connectivity index (χ2v) is 2.71. The van der Waals surface area contributed by atoms with Crippen molar-refractivity contribution in [1.29, 1.82) is 0 Å². The molecule has 0 saturated carbocycles. The summed E-state index contributed by atoms with van der Waals surface area (Å²) in [5.41, 5.74) is -0.362. The highest BCUT2D eigenvalue weighted by molar-refractivity contribution is 5.94. The van der Waals surface area contributed by atoms with E-state index in [1.807, 2.05) is 0 Å². The molecule has 1 aromatic heterocycles. The van der Waals surface area contributed by atoms with Crippen molar-refractivity contribution >= 4 is 5.91 Å². The van der Waals surface area contributed by atoms with Gasteiger partial charge in [-0.25, -0.2) is 9.37 Å². The third-order valence-corrected chi connectivity index (χ3v) is 1.68. The molecule has 0 aliphatic carbocycles. The standard InChI is InChI=1S/C9H10F2N2O2/c1-15-5-4-13-9(14)6-2-3-12-8(11)7(6)10/h2-3H,4-5H2,1H3,(H,13,14). The second kappa shape index (κ2) is 5.35. The summed E-state index contributed by atoms with van der Waals surface area (Å²) in [5, 5.41) is 2.37. The first-order valence-corrected chi connectivity index (χ1v) is 4.24. The van der Waals surface area contributed by atoms with Crippen LogP contribution in [0.3, 0.4) is 0 Å². The van der Waals surface area contributed by atoms with Crippen LogP contribution in [0.25, 0.3) is 0 Å². The van der Waals surface area contributed by atoms with Crippen molar-refractivity contribution in [3.63, 3.8) is 0 Å². The Morgan fingerprint density at radius 1 is 1.60 bits per heavy atom. The summed E-state index contributed by atoms with van der Waals surface area (Å²) in [6.45, 7) is 0.541. The van der Waals surface area contributed by atoms with E-state index in [9.17, 15) is 13.6 Å². The quantitative estimate of drug-likeness (QED) is 0.596. The Morgan fingerprint density at radius 2 is 2.33 bits per heavy atom. The van der Waals surface area contributed by atoms with Gasteiger partial charge in [-0.1, -0.05) is 0 Å². The lowest BCUT2D eigenvalue weighted by Gasteiger charge is -2.04. The Balaban J connectivity index is 2.69. The maximum Gasteiger partial charge on any atom is 0.254 e. The molecule has 0 aromatic carbocycles. The number of amides is 1. The van der Waals surface area contributed by atoms with Gasteiger partial charge < -0.3 is 10.1 Å². The minimum atomic E-state index is -1.28. The Labute approximate surface area is 85.3 Å². The highest BCUT2D eigenvalue weighted by atomic mass is 19.2. The van der Waals surface area contributed by atoms with Crippen molar-refractivity contribution in [2.24, 2.45) is 0 Å². The predicted molar refractivity (Wildman–Crippen MR) is 48.4 cm³/mol. The Bertz CT molecular complexity index is 358. The molecule has 82 valence electrons. The average Bonchev–Trinajstić information content (AvgIpc) is 2.22. The predicted octanol–water partition coefficient (Wildman–Crippen LogP) is 0.736. The number of rotatable bonds is 4. The Morgan fingerprint density at radius 3 is 3.00 bits per heavy atom. The van der Waals surface area contributed by atoms with Crippen molar-refractivity contribution < 1.29 is 18.3 Å². The molecule has 0 bridgehead atoms. The summed E-state index contributed by atoms with van der Waals surface area (Å²) in [6.07, 6.45) is 1.03. The number of nitrogens with one attached hydrogen (secondary N) is 1. The zero-order valence-corrected chi connectivity index (χ0v) is 8.09. The first kappa shape index (κ1) is 11.5. The van der Waals surface area contributed by atoms with Gasteiger partial charge in [0, 0.05) is 19.9 Å². The molecule has 1 rings (SSSR count). The van der Waals surface area contributed by atoms with E-state index in [0.717, 1.165) is 12.3 Å². The van der Waals surface area contributed by atoms with Crippen molar-refractivity contribution in [2.45, 2.75) is 0 Å². The van der Waals surface area contributed by atoms with Crippen molar-refractivity contribution in [3.8, 4) is 0 Å². The van der Waals surface area contributed by atoms with Crippen LogP contribution in [0.4, 0.5) is 8.78 Å². The van der Waals surface area contributed by atoms with Crippen molar-refractivity contribution in [3.05, 3.63) is 29.6 Å². The van der Waals surface area contributed by atoms with Crippen LogP contribution in [0.5, 0.6) is 0 Å². The lowest BCUT2D eigenvalue weighted by atomic mass is 10.2. The number of hydrogen-bond acceptors (Lipinski definition) is 3. The van der Waals surface area contributed by atoms with E-state index in [2.05, 4.69) is 15.0 Å². The monoisotopic (exact) mass is 216 g/mol. The molecule has 0 spiro atoms. The molecule has 1 N–H and O–H groups in total. The number of nitrogens with zero attached hydrogens (tertiary/aromatic N) is 1. The lowest BCUT2D eigenvalue weighted by Crippen LogP contribution is -2.28. The molecular weight excluding hydrogens is 206 g/mol. The summed E-state index contributed by atoms with van der Waals surface area (Å²) in [4.78, 5) is 14.4. The van der Waals surface area contributed by atoms with Crippen molar-refractivity contribution in [1.82, 2.24) is 10.3 Å². The van der Waals surface area contributed by atoms with Crippen LogP contribution in [-0.2, 0) is 4.74 Å². The van der Waals surface area contributed by atoms with Crippen LogP contribution in [-0.4, -0.2) is 31.2 Å². The molecule has 0 fully saturated rings. The third kappa shape index (κ3) is 2.95. The fraction of sp³-hybridized carbons (Fsp3) is 0.333. The van der Waals surface area contributed by atoms with E-state index in [1.54, 1.807) is 0 Å². The second-order valence-electron chi connectivity index (χ2n) is 2.71. The third-order valence-electron chi connectivity index (χ3n) is 1.68. The summed E-state index contributed by atoms with van der Waals surface area (Å²) in [7, 11) is 1.47. The van der Waals surface area contributed by atoms with E-state index < -0.39 is 17.7 Å². The topological polar surface area (TPSA) is 51.2 Å². The highest BCUT2D eigenvalue weighted by Gasteiger charge is 2.15. The van der Waals surface area contributed by atoms with Gasteiger partial charge in [0.25, 0.3) is 5.91 Å². The molecule has 0 aliphatic rings. The van der Waals surface area contributed by atoms with Gasteiger partial charge in [0.05, 0.1) is 12.2 Å². The minimum Gasteiger partial charge on any atom is -0.383 e. The fourth-order valence-electron chi connectivity index (χ4n) is 0.955. The first-order chi connectivity index (χ1) is 7.16. The molecule has 0 unspecified atom stereocenters. The van der Waals surface area contributed by atoms with Crippen LogP contribution in [0, 0.1) is 11.8 Å². The average molecular weight is 216 g/mol. The van der Waals surface area contributed by atoms with E-state index in [0.29, 0.717) is 6.61 Å². The zero-order valence-electron chi connectivity index (χ0n) is 8.09. The van der Waals surface area contributed by atoms with E-state index in [-0.39, 0.29) is 12.1 Å². The maximum atomic E-state index is 13.0. The number of hydrogen-bond donors (Lipinski definition) is 1. The van der Waals surface area contributed by atoms with Gasteiger partial charge in [0.1, 0.15) is 0 Å². The number of carbonyl (C=O) groups excluding carboxylic acids is 1. The zero-order chi connectivity index (χ0) is 11.3. The summed E-state index contributed by atoms with van der Waals surface area (Å²) in [5.74, 6) is -3.22. The molecule has 15 heavy (non-hydrogen) atoms. The number of halogens is 2. The van der Waals surface area contributed by atoms with Gasteiger partial charge in [0.15, 0.2) is 5.82 Å². The largest absolute Gasteiger partial charge is 0.383 e. The van der Waals surface area contributed by atoms with Gasteiger partial charge in [-0.2, -0.15) is 4.39 Å². The first-order valence-electron chi connectivity index (χ1n) is 4.24. The van der Waals surface area contributed by atoms with E-state index in [1.165, 1.54) is 7.11 Å². The number of aromatic nitrogens is 1. The SMILES string of the molecule is COCCNC(=O)c1ccnc(F)c1F. The van der Waals surface area contributed by atoms with Crippen LogP contribution in [0.1, 0.15) is 10.4 Å². The smallest absolute Gasteiger partial charge is 0.254 e. The normalized spacial score (nSPS) is 10.1. The molecule has 1 heterocycles. The molecule has 0 radical (unpaired) electrons. The van der Waals surface area contributed by atoms with Crippen LogP contribution in [0.15, 0.2) is 12.3 Å². The van der Waals surface area contributed by atoms with Gasteiger partial charge in [-0.3, -0.25) is 4.79 Å². The lowest BCUT2D eigenvalue weighted by molar-refractivity contribution is 0.0931. The molecule has 1 aromatic rings. The fourth-order valence-corrected chi connectivity index (χ4v) is 0.955. The summed E-state index contributed by atoms with van der Waals surface area (Å²) < 4.78 is 30.4. The molecule has 1 amide bonds. The molecule has 4 nitrogen and oxygen atoms in total. The van der Waals surface area contributed by atoms with E-state index in [4.69, 9.17) is 0 Å². The molecule has 6 heteroatoms. The van der Waals surface area contributed by atoms with E-state index >= 15 is 0 Å². The van der Waals surface area contributed by atoms with Crippen LogP contribution < -0.4 is 5.32 Å².